The van der Waals surface area contributed by atoms with Crippen LogP contribution >= 0.6 is 11.3 Å². The van der Waals surface area contributed by atoms with Gasteiger partial charge in [-0.05, 0) is 31.2 Å². The molecule has 1 aromatic heterocycles. The average Bonchev–Trinajstić information content (AvgIpc) is 2.59. The molecule has 1 heterocycles. The molecule has 0 spiro atoms. The Hall–Kier alpha value is -1.36. The van der Waals surface area contributed by atoms with Crippen molar-refractivity contribution < 1.29 is 9.59 Å². The first kappa shape index (κ1) is 15.0. The summed E-state index contributed by atoms with van der Waals surface area (Å²) in [5.41, 5.74) is 1.83. The van der Waals surface area contributed by atoms with E-state index in [4.69, 9.17) is 0 Å². The van der Waals surface area contributed by atoms with Crippen LogP contribution in [-0.4, -0.2) is 18.9 Å². The van der Waals surface area contributed by atoms with Crippen molar-refractivity contribution in [1.29, 1.82) is 0 Å². The van der Waals surface area contributed by atoms with Gasteiger partial charge in [0.25, 0.3) is 5.91 Å². The lowest BCUT2D eigenvalue weighted by Gasteiger charge is -2.09. The van der Waals surface area contributed by atoms with Crippen molar-refractivity contribution in [3.8, 4) is 0 Å². The maximum absolute atomic E-state index is 12.2. The molecule has 0 saturated heterocycles. The molecule has 5 heteroatoms. The van der Waals surface area contributed by atoms with Crippen LogP contribution in [-0.2, 0) is 17.6 Å². The van der Waals surface area contributed by atoms with Gasteiger partial charge in [-0.2, -0.15) is 0 Å². The Morgan fingerprint density at radius 1 is 1.15 bits per heavy atom. The van der Waals surface area contributed by atoms with Crippen LogP contribution in [0.5, 0.6) is 0 Å². The molecule has 0 fully saturated rings. The minimum Gasteiger partial charge on any atom is -0.355 e. The topological polar surface area (TPSA) is 58.2 Å². The second-order valence-corrected chi connectivity index (χ2v) is 6.60. The van der Waals surface area contributed by atoms with Gasteiger partial charge < -0.3 is 10.6 Å². The van der Waals surface area contributed by atoms with E-state index < -0.39 is 0 Å². The summed E-state index contributed by atoms with van der Waals surface area (Å²) in [5, 5.41) is 6.34. The average molecular weight is 294 g/mol. The number of carbonyl (C=O) groups is 2. The number of amides is 2. The summed E-state index contributed by atoms with van der Waals surface area (Å²) in [4.78, 5) is 25.4. The third kappa shape index (κ3) is 3.03. The molecule has 0 saturated carbocycles. The maximum atomic E-state index is 12.2. The van der Waals surface area contributed by atoms with Gasteiger partial charge in [-0.3, -0.25) is 9.59 Å². The molecule has 0 radical (unpaired) electrons. The van der Waals surface area contributed by atoms with Crippen LogP contribution in [0.1, 0.15) is 53.9 Å². The van der Waals surface area contributed by atoms with Crippen molar-refractivity contribution in [1.82, 2.24) is 5.32 Å². The summed E-state index contributed by atoms with van der Waals surface area (Å²) < 4.78 is 0. The van der Waals surface area contributed by atoms with Crippen molar-refractivity contribution in [2.75, 3.05) is 12.4 Å². The molecule has 0 bridgehead atoms. The van der Waals surface area contributed by atoms with Crippen molar-refractivity contribution >= 4 is 28.2 Å². The summed E-state index contributed by atoms with van der Waals surface area (Å²) in [5.74, 6) is -0.218. The lowest BCUT2D eigenvalue weighted by Crippen LogP contribution is -2.23. The van der Waals surface area contributed by atoms with Crippen molar-refractivity contribution in [2.45, 2.75) is 46.0 Å². The SMILES string of the molecule is CNC(=O)c1c(NC(=O)C(C)C)sc2c1CCCCC2. The van der Waals surface area contributed by atoms with E-state index in [2.05, 4.69) is 10.6 Å². The van der Waals surface area contributed by atoms with Crippen molar-refractivity contribution in [3.63, 3.8) is 0 Å². The highest BCUT2D eigenvalue weighted by Gasteiger charge is 2.25. The highest BCUT2D eigenvalue weighted by atomic mass is 32.1. The second-order valence-electron chi connectivity index (χ2n) is 5.49. The monoisotopic (exact) mass is 294 g/mol. The highest BCUT2D eigenvalue weighted by molar-refractivity contribution is 7.17. The zero-order valence-corrected chi connectivity index (χ0v) is 13.2. The maximum Gasteiger partial charge on any atom is 0.254 e. The Kier molecular flexibility index (Phi) is 4.81. The normalized spacial score (nSPS) is 14.6. The summed E-state index contributed by atoms with van der Waals surface area (Å²) in [6.45, 7) is 3.71. The van der Waals surface area contributed by atoms with E-state index in [1.165, 1.54) is 11.3 Å². The van der Waals surface area contributed by atoms with E-state index in [-0.39, 0.29) is 17.7 Å². The number of hydrogen-bond acceptors (Lipinski definition) is 3. The van der Waals surface area contributed by atoms with Crippen LogP contribution in [0.4, 0.5) is 5.00 Å². The number of hydrogen-bond donors (Lipinski definition) is 2. The van der Waals surface area contributed by atoms with Crippen LogP contribution < -0.4 is 10.6 Å². The van der Waals surface area contributed by atoms with Gasteiger partial charge in [-0.1, -0.05) is 20.3 Å². The minimum absolute atomic E-state index is 0.0356. The molecular weight excluding hydrogens is 272 g/mol. The summed E-state index contributed by atoms with van der Waals surface area (Å²) >= 11 is 1.57. The van der Waals surface area contributed by atoms with E-state index >= 15 is 0 Å². The van der Waals surface area contributed by atoms with Crippen LogP contribution in [0.3, 0.4) is 0 Å². The molecule has 0 aliphatic heterocycles. The van der Waals surface area contributed by atoms with Gasteiger partial charge in [0.05, 0.1) is 5.56 Å². The quantitative estimate of drug-likeness (QED) is 0.842. The Bertz CT molecular complexity index is 520. The van der Waals surface area contributed by atoms with Crippen LogP contribution in [0, 0.1) is 5.92 Å². The third-order valence-electron chi connectivity index (χ3n) is 3.64. The lowest BCUT2D eigenvalue weighted by molar-refractivity contribution is -0.118. The standard InChI is InChI=1S/C15H22N2O2S/c1-9(2)13(18)17-15-12(14(19)16-3)10-7-5-4-6-8-11(10)20-15/h9H,4-8H2,1-3H3,(H,16,19)(H,17,18). The Morgan fingerprint density at radius 3 is 2.50 bits per heavy atom. The minimum atomic E-state index is -0.0940. The first-order chi connectivity index (χ1) is 9.54. The Balaban J connectivity index is 2.40. The summed E-state index contributed by atoms with van der Waals surface area (Å²) in [6.07, 6.45) is 5.44. The number of fused-ring (bicyclic) bond motifs is 1. The fourth-order valence-electron chi connectivity index (χ4n) is 2.45. The van der Waals surface area contributed by atoms with Crippen molar-refractivity contribution in [3.05, 3.63) is 16.0 Å². The molecule has 1 aromatic rings. The van der Waals surface area contributed by atoms with Gasteiger partial charge in [0.15, 0.2) is 0 Å². The lowest BCUT2D eigenvalue weighted by atomic mass is 10.0. The molecule has 1 aliphatic rings. The molecule has 0 atom stereocenters. The van der Waals surface area contributed by atoms with E-state index in [0.29, 0.717) is 5.56 Å². The first-order valence-electron chi connectivity index (χ1n) is 7.22. The van der Waals surface area contributed by atoms with Crippen molar-refractivity contribution in [2.24, 2.45) is 5.92 Å². The van der Waals surface area contributed by atoms with E-state index in [1.54, 1.807) is 18.4 Å². The molecule has 110 valence electrons. The molecule has 0 unspecified atom stereocenters. The van der Waals surface area contributed by atoms with Crippen LogP contribution in [0.2, 0.25) is 0 Å². The number of rotatable bonds is 3. The number of aryl methyl sites for hydroxylation is 1. The fourth-order valence-corrected chi connectivity index (χ4v) is 3.74. The van der Waals surface area contributed by atoms with E-state index in [9.17, 15) is 9.59 Å². The molecule has 4 nitrogen and oxygen atoms in total. The molecule has 2 rings (SSSR count). The first-order valence-corrected chi connectivity index (χ1v) is 8.03. The fraction of sp³-hybridized carbons (Fsp3) is 0.600. The molecule has 20 heavy (non-hydrogen) atoms. The number of carbonyl (C=O) groups excluding carboxylic acids is 2. The summed E-state index contributed by atoms with van der Waals surface area (Å²) in [7, 11) is 1.64. The van der Waals surface area contributed by atoms with Gasteiger partial charge in [-0.25, -0.2) is 0 Å². The predicted octanol–water partition coefficient (Wildman–Crippen LogP) is 2.97. The van der Waals surface area contributed by atoms with Gasteiger partial charge >= 0.3 is 0 Å². The Labute approximate surface area is 124 Å². The number of anilines is 1. The smallest absolute Gasteiger partial charge is 0.254 e. The zero-order valence-electron chi connectivity index (χ0n) is 12.3. The predicted molar refractivity (Wildman–Crippen MR) is 82.4 cm³/mol. The van der Waals surface area contributed by atoms with Gasteiger partial charge in [0, 0.05) is 17.8 Å². The van der Waals surface area contributed by atoms with E-state index in [1.807, 2.05) is 13.8 Å². The number of nitrogens with one attached hydrogen (secondary N) is 2. The molecular formula is C15H22N2O2S. The molecule has 1 aliphatic carbocycles. The summed E-state index contributed by atoms with van der Waals surface area (Å²) in [6, 6.07) is 0. The van der Waals surface area contributed by atoms with Crippen LogP contribution in [0.25, 0.3) is 0 Å². The van der Waals surface area contributed by atoms with Gasteiger partial charge in [0.2, 0.25) is 5.91 Å². The largest absolute Gasteiger partial charge is 0.355 e. The van der Waals surface area contributed by atoms with Gasteiger partial charge in [0.1, 0.15) is 5.00 Å². The molecule has 2 amide bonds. The number of thiophene rings is 1. The third-order valence-corrected chi connectivity index (χ3v) is 4.84. The van der Waals surface area contributed by atoms with Gasteiger partial charge in [-0.15, -0.1) is 11.3 Å². The second kappa shape index (κ2) is 6.39. The Morgan fingerprint density at radius 2 is 1.85 bits per heavy atom. The zero-order chi connectivity index (χ0) is 14.7. The molecule has 2 N–H and O–H groups in total. The molecule has 0 aromatic carbocycles. The highest BCUT2D eigenvalue weighted by Crippen LogP contribution is 2.37. The van der Waals surface area contributed by atoms with Crippen LogP contribution in [0.15, 0.2) is 0 Å². The van der Waals surface area contributed by atoms with E-state index in [0.717, 1.165) is 36.2 Å².